The van der Waals surface area contributed by atoms with Crippen LogP contribution in [0.1, 0.15) is 25.3 Å². The van der Waals surface area contributed by atoms with E-state index in [-0.39, 0.29) is 5.82 Å². The Kier molecular flexibility index (Phi) is 5.56. The third kappa shape index (κ3) is 4.01. The van der Waals surface area contributed by atoms with E-state index in [9.17, 15) is 4.39 Å². The van der Waals surface area contributed by atoms with Gasteiger partial charge in [-0.05, 0) is 29.9 Å². The quantitative estimate of drug-likeness (QED) is 0.707. The topological polar surface area (TPSA) is 0 Å². The van der Waals surface area contributed by atoms with E-state index in [2.05, 4.69) is 22.9 Å². The van der Waals surface area contributed by atoms with Crippen molar-refractivity contribution in [2.24, 2.45) is 0 Å². The van der Waals surface area contributed by atoms with Gasteiger partial charge in [-0.2, -0.15) is 11.8 Å². The van der Waals surface area contributed by atoms with Gasteiger partial charge in [0.2, 0.25) is 0 Å². The molecule has 0 aliphatic rings. The lowest BCUT2D eigenvalue weighted by molar-refractivity contribution is 0.616. The summed E-state index contributed by atoms with van der Waals surface area (Å²) in [4.78, 5) is 0. The van der Waals surface area contributed by atoms with Crippen LogP contribution in [-0.2, 0) is 5.75 Å². The molecule has 0 saturated heterocycles. The molecule has 0 N–H and O–H groups in total. The molecular weight excluding hydrogens is 263 g/mol. The number of unbranched alkanes of at least 4 members (excludes halogenated alkanes) is 1. The predicted octanol–water partition coefficient (Wildman–Crippen LogP) is 4.62. The van der Waals surface area contributed by atoms with Gasteiger partial charge in [-0.3, -0.25) is 0 Å². The van der Waals surface area contributed by atoms with Crippen LogP contribution in [0, 0.1) is 5.82 Å². The van der Waals surface area contributed by atoms with Crippen LogP contribution in [0.15, 0.2) is 22.7 Å². The second-order valence-electron chi connectivity index (χ2n) is 3.14. The molecule has 0 heterocycles. The van der Waals surface area contributed by atoms with Gasteiger partial charge in [0.05, 0.1) is 0 Å². The monoisotopic (exact) mass is 276 g/mol. The second-order valence-corrected chi connectivity index (χ2v) is 5.16. The first kappa shape index (κ1) is 12.1. The summed E-state index contributed by atoms with van der Waals surface area (Å²) in [5.74, 6) is 1.79. The number of hydrogen-bond donors (Lipinski definition) is 0. The van der Waals surface area contributed by atoms with Crippen molar-refractivity contribution >= 4 is 27.7 Å². The molecule has 0 bridgehead atoms. The fourth-order valence-corrected chi connectivity index (χ4v) is 2.49. The molecule has 0 saturated carbocycles. The number of rotatable bonds is 5. The Bertz CT molecular complexity index is 289. The van der Waals surface area contributed by atoms with Crippen LogP contribution in [-0.4, -0.2) is 5.75 Å². The van der Waals surface area contributed by atoms with Crippen molar-refractivity contribution in [1.82, 2.24) is 0 Å². The lowest BCUT2D eigenvalue weighted by Crippen LogP contribution is -1.88. The Balaban J connectivity index is 2.42. The van der Waals surface area contributed by atoms with Crippen LogP contribution in [0.2, 0.25) is 0 Å². The first-order valence-electron chi connectivity index (χ1n) is 4.75. The molecule has 0 amide bonds. The molecule has 1 aromatic carbocycles. The van der Waals surface area contributed by atoms with E-state index in [1.54, 1.807) is 11.8 Å². The van der Waals surface area contributed by atoms with Crippen molar-refractivity contribution in [2.75, 3.05) is 5.75 Å². The lowest BCUT2D eigenvalue weighted by atomic mass is 10.2. The molecule has 0 spiro atoms. The molecule has 3 heteroatoms. The zero-order chi connectivity index (χ0) is 10.4. The molecule has 14 heavy (non-hydrogen) atoms. The summed E-state index contributed by atoms with van der Waals surface area (Å²) >= 11 is 5.04. The average molecular weight is 277 g/mol. The summed E-state index contributed by atoms with van der Waals surface area (Å²) in [5, 5.41) is 0. The molecule has 1 rings (SSSR count). The summed E-state index contributed by atoms with van der Waals surface area (Å²) in [7, 11) is 0. The Hall–Kier alpha value is -0.0200. The van der Waals surface area contributed by atoms with Gasteiger partial charge in [0.15, 0.2) is 0 Å². The highest BCUT2D eigenvalue weighted by Crippen LogP contribution is 2.20. The van der Waals surface area contributed by atoms with Gasteiger partial charge in [0.25, 0.3) is 0 Å². The van der Waals surface area contributed by atoms with Gasteiger partial charge in [-0.15, -0.1) is 0 Å². The molecule has 0 aliphatic carbocycles. The predicted molar refractivity (Wildman–Crippen MR) is 65.2 cm³/mol. The Labute approximate surface area is 97.4 Å². The molecular formula is C11H14BrFS. The van der Waals surface area contributed by atoms with Gasteiger partial charge in [0, 0.05) is 10.2 Å². The van der Waals surface area contributed by atoms with Crippen LogP contribution in [0.4, 0.5) is 4.39 Å². The molecule has 0 fully saturated rings. The van der Waals surface area contributed by atoms with E-state index in [1.165, 1.54) is 18.9 Å². The first-order valence-corrected chi connectivity index (χ1v) is 6.70. The highest BCUT2D eigenvalue weighted by molar-refractivity contribution is 9.10. The van der Waals surface area contributed by atoms with Crippen LogP contribution in [0.25, 0.3) is 0 Å². The van der Waals surface area contributed by atoms with Crippen molar-refractivity contribution < 1.29 is 4.39 Å². The minimum atomic E-state index is -0.108. The maximum atomic E-state index is 13.3. The summed E-state index contributed by atoms with van der Waals surface area (Å²) in [6.45, 7) is 2.17. The largest absolute Gasteiger partial charge is 0.207 e. The van der Waals surface area contributed by atoms with Crippen molar-refractivity contribution in [3.05, 3.63) is 34.1 Å². The Morgan fingerprint density at radius 1 is 1.43 bits per heavy atom. The molecule has 0 aliphatic heterocycles. The maximum Gasteiger partial charge on any atom is 0.128 e. The molecule has 0 unspecified atom stereocenters. The first-order chi connectivity index (χ1) is 6.74. The van der Waals surface area contributed by atoms with E-state index < -0.39 is 0 Å². The van der Waals surface area contributed by atoms with Gasteiger partial charge in [-0.1, -0.05) is 35.3 Å². The number of hydrogen-bond acceptors (Lipinski definition) is 1. The van der Waals surface area contributed by atoms with Crippen LogP contribution < -0.4 is 0 Å². The van der Waals surface area contributed by atoms with E-state index in [0.29, 0.717) is 0 Å². The highest BCUT2D eigenvalue weighted by Gasteiger charge is 2.02. The van der Waals surface area contributed by atoms with Crippen molar-refractivity contribution in [1.29, 1.82) is 0 Å². The lowest BCUT2D eigenvalue weighted by Gasteiger charge is -2.03. The summed E-state index contributed by atoms with van der Waals surface area (Å²) < 4.78 is 14.1. The summed E-state index contributed by atoms with van der Waals surface area (Å²) in [5.41, 5.74) is 0.800. The minimum absolute atomic E-state index is 0.108. The van der Waals surface area contributed by atoms with Gasteiger partial charge in [-0.25, -0.2) is 4.39 Å². The Morgan fingerprint density at radius 3 is 2.86 bits per heavy atom. The zero-order valence-corrected chi connectivity index (χ0v) is 10.6. The standard InChI is InChI=1S/C11H14BrFS/c1-2-3-6-14-8-9-4-5-10(12)7-11(9)13/h4-5,7H,2-3,6,8H2,1H3. The number of halogens is 2. The number of thioether (sulfide) groups is 1. The molecule has 78 valence electrons. The van der Waals surface area contributed by atoms with Gasteiger partial charge in [0.1, 0.15) is 5.82 Å². The zero-order valence-electron chi connectivity index (χ0n) is 8.22. The van der Waals surface area contributed by atoms with Crippen LogP contribution >= 0.6 is 27.7 Å². The molecule has 1 aromatic rings. The van der Waals surface area contributed by atoms with Crippen molar-refractivity contribution in [3.63, 3.8) is 0 Å². The van der Waals surface area contributed by atoms with Crippen molar-refractivity contribution in [2.45, 2.75) is 25.5 Å². The highest BCUT2D eigenvalue weighted by atomic mass is 79.9. The van der Waals surface area contributed by atoms with Crippen molar-refractivity contribution in [3.8, 4) is 0 Å². The fraction of sp³-hybridized carbons (Fsp3) is 0.455. The van der Waals surface area contributed by atoms with E-state index in [1.807, 2.05) is 12.1 Å². The molecule has 0 nitrogen and oxygen atoms in total. The average Bonchev–Trinajstić information content (AvgIpc) is 2.15. The normalized spacial score (nSPS) is 10.5. The maximum absolute atomic E-state index is 13.3. The van der Waals surface area contributed by atoms with E-state index >= 15 is 0 Å². The van der Waals surface area contributed by atoms with Gasteiger partial charge >= 0.3 is 0 Å². The second kappa shape index (κ2) is 6.46. The van der Waals surface area contributed by atoms with Crippen LogP contribution in [0.3, 0.4) is 0 Å². The molecule has 0 aromatic heterocycles. The third-order valence-electron chi connectivity index (χ3n) is 1.91. The SMILES string of the molecule is CCCCSCc1ccc(Br)cc1F. The minimum Gasteiger partial charge on any atom is -0.207 e. The Morgan fingerprint density at radius 2 is 2.21 bits per heavy atom. The summed E-state index contributed by atoms with van der Waals surface area (Å²) in [6.07, 6.45) is 2.42. The van der Waals surface area contributed by atoms with E-state index in [4.69, 9.17) is 0 Å². The third-order valence-corrected chi connectivity index (χ3v) is 3.50. The van der Waals surface area contributed by atoms with Gasteiger partial charge < -0.3 is 0 Å². The van der Waals surface area contributed by atoms with Crippen LogP contribution in [0.5, 0.6) is 0 Å². The number of benzene rings is 1. The smallest absolute Gasteiger partial charge is 0.128 e. The summed E-state index contributed by atoms with van der Waals surface area (Å²) in [6, 6.07) is 5.26. The fourth-order valence-electron chi connectivity index (χ4n) is 1.07. The molecule has 0 radical (unpaired) electrons. The van der Waals surface area contributed by atoms with E-state index in [0.717, 1.165) is 21.5 Å². The molecule has 0 atom stereocenters.